The van der Waals surface area contributed by atoms with Crippen LogP contribution in [0.2, 0.25) is 0 Å². The summed E-state index contributed by atoms with van der Waals surface area (Å²) in [7, 11) is 0. The summed E-state index contributed by atoms with van der Waals surface area (Å²) in [6.07, 6.45) is 0. The number of aromatic nitrogens is 2. The molecule has 0 amide bonds. The molecular formula is C16H22N4OS. The normalized spacial score (nSPS) is 10.4. The third-order valence-corrected chi connectivity index (χ3v) is 3.56. The van der Waals surface area contributed by atoms with Crippen LogP contribution in [0.5, 0.6) is 5.75 Å². The highest BCUT2D eigenvalue weighted by Gasteiger charge is 2.12. The highest BCUT2D eigenvalue weighted by atomic mass is 32.1. The Balaban J connectivity index is 2.13. The van der Waals surface area contributed by atoms with Gasteiger partial charge in [-0.2, -0.15) is 5.10 Å². The van der Waals surface area contributed by atoms with Crippen molar-refractivity contribution in [3.63, 3.8) is 0 Å². The maximum atomic E-state index is 5.59. The van der Waals surface area contributed by atoms with E-state index in [1.54, 1.807) is 0 Å². The van der Waals surface area contributed by atoms with Gasteiger partial charge in [-0.05, 0) is 52.0 Å². The Morgan fingerprint density at radius 2 is 1.95 bits per heavy atom. The fourth-order valence-corrected chi connectivity index (χ4v) is 2.52. The van der Waals surface area contributed by atoms with Crippen molar-refractivity contribution in [3.8, 4) is 5.75 Å². The quantitative estimate of drug-likeness (QED) is 0.823. The van der Waals surface area contributed by atoms with Crippen molar-refractivity contribution in [1.82, 2.24) is 9.78 Å². The minimum atomic E-state index is 0.522. The monoisotopic (exact) mass is 318 g/mol. The van der Waals surface area contributed by atoms with Gasteiger partial charge in [0, 0.05) is 6.54 Å². The molecule has 0 spiro atoms. The van der Waals surface area contributed by atoms with Crippen LogP contribution in [0.3, 0.4) is 0 Å². The van der Waals surface area contributed by atoms with Crippen LogP contribution in [0.1, 0.15) is 25.2 Å². The van der Waals surface area contributed by atoms with E-state index < -0.39 is 0 Å². The molecular weight excluding hydrogens is 296 g/mol. The molecule has 0 unspecified atom stereocenters. The third kappa shape index (κ3) is 3.57. The minimum absolute atomic E-state index is 0.522. The van der Waals surface area contributed by atoms with E-state index in [0.717, 1.165) is 35.1 Å². The van der Waals surface area contributed by atoms with Gasteiger partial charge in [0.2, 0.25) is 0 Å². The summed E-state index contributed by atoms with van der Waals surface area (Å²) in [6.45, 7) is 9.47. The van der Waals surface area contributed by atoms with E-state index in [-0.39, 0.29) is 0 Å². The zero-order valence-corrected chi connectivity index (χ0v) is 14.3. The fourth-order valence-electron chi connectivity index (χ4n) is 2.30. The van der Waals surface area contributed by atoms with Gasteiger partial charge in [-0.3, -0.25) is 4.68 Å². The molecule has 0 radical (unpaired) electrons. The second-order valence-corrected chi connectivity index (χ2v) is 5.28. The van der Waals surface area contributed by atoms with Crippen molar-refractivity contribution in [2.75, 3.05) is 17.2 Å². The van der Waals surface area contributed by atoms with Gasteiger partial charge in [-0.15, -0.1) is 0 Å². The summed E-state index contributed by atoms with van der Waals surface area (Å²) in [5, 5.41) is 11.4. The van der Waals surface area contributed by atoms with Crippen LogP contribution in [0, 0.1) is 13.8 Å². The van der Waals surface area contributed by atoms with Gasteiger partial charge in [0.15, 0.2) is 5.11 Å². The van der Waals surface area contributed by atoms with E-state index in [2.05, 4.69) is 22.7 Å². The van der Waals surface area contributed by atoms with E-state index in [1.165, 1.54) is 0 Å². The van der Waals surface area contributed by atoms with Gasteiger partial charge in [0.05, 0.1) is 29.4 Å². The minimum Gasteiger partial charge on any atom is -0.492 e. The summed E-state index contributed by atoms with van der Waals surface area (Å²) in [4.78, 5) is 0. The molecule has 2 rings (SSSR count). The average molecular weight is 318 g/mol. The maximum Gasteiger partial charge on any atom is 0.175 e. The van der Waals surface area contributed by atoms with E-state index in [0.29, 0.717) is 11.7 Å². The Morgan fingerprint density at radius 3 is 2.59 bits per heavy atom. The average Bonchev–Trinajstić information content (AvgIpc) is 2.77. The number of hydrogen-bond donors (Lipinski definition) is 2. The molecule has 1 aromatic carbocycles. The molecule has 2 aromatic rings. The molecule has 0 fully saturated rings. The molecule has 1 heterocycles. The summed E-state index contributed by atoms with van der Waals surface area (Å²) >= 11 is 5.41. The number of hydrogen-bond acceptors (Lipinski definition) is 3. The lowest BCUT2D eigenvalue weighted by Crippen LogP contribution is -2.20. The Labute approximate surface area is 136 Å². The molecule has 0 saturated heterocycles. The van der Waals surface area contributed by atoms with E-state index in [9.17, 15) is 0 Å². The summed E-state index contributed by atoms with van der Waals surface area (Å²) in [5.41, 5.74) is 3.80. The molecule has 0 bridgehead atoms. The molecule has 2 N–H and O–H groups in total. The first-order valence-electron chi connectivity index (χ1n) is 7.40. The predicted octanol–water partition coefficient (Wildman–Crippen LogP) is 3.73. The van der Waals surface area contributed by atoms with Gasteiger partial charge in [0.25, 0.3) is 0 Å². The lowest BCUT2D eigenvalue weighted by molar-refractivity contribution is 0.342. The summed E-state index contributed by atoms with van der Waals surface area (Å²) < 4.78 is 7.54. The summed E-state index contributed by atoms with van der Waals surface area (Å²) in [6, 6.07) is 7.74. The molecule has 0 aliphatic rings. The van der Waals surface area contributed by atoms with Crippen LogP contribution in [0.15, 0.2) is 24.3 Å². The number of ether oxygens (including phenoxy) is 1. The second kappa shape index (κ2) is 7.26. The molecule has 1 aromatic heterocycles. The van der Waals surface area contributed by atoms with Crippen LogP contribution in [-0.2, 0) is 6.54 Å². The molecule has 0 atom stereocenters. The molecule has 22 heavy (non-hydrogen) atoms. The molecule has 5 nitrogen and oxygen atoms in total. The number of benzene rings is 1. The maximum absolute atomic E-state index is 5.59. The first-order valence-corrected chi connectivity index (χ1v) is 7.81. The van der Waals surface area contributed by atoms with Crippen molar-refractivity contribution in [2.45, 2.75) is 34.2 Å². The lowest BCUT2D eigenvalue weighted by atomic mass is 10.3. The number of aryl methyl sites for hydroxylation is 2. The SMILES string of the molecule is CCOc1ccccc1NC(=S)Nc1c(C)nn(CC)c1C. The van der Waals surface area contributed by atoms with E-state index in [1.807, 2.05) is 49.7 Å². The number of nitrogens with zero attached hydrogens (tertiary/aromatic N) is 2. The first kappa shape index (κ1) is 16.3. The van der Waals surface area contributed by atoms with Crippen LogP contribution in [0.25, 0.3) is 0 Å². The molecule has 6 heteroatoms. The van der Waals surface area contributed by atoms with Gasteiger partial charge in [-0.1, -0.05) is 12.1 Å². The smallest absolute Gasteiger partial charge is 0.175 e. The Kier molecular flexibility index (Phi) is 5.38. The summed E-state index contributed by atoms with van der Waals surface area (Å²) in [5.74, 6) is 0.784. The zero-order chi connectivity index (χ0) is 16.1. The van der Waals surface area contributed by atoms with Gasteiger partial charge in [-0.25, -0.2) is 0 Å². The predicted molar refractivity (Wildman–Crippen MR) is 94.8 cm³/mol. The molecule has 0 saturated carbocycles. The highest BCUT2D eigenvalue weighted by molar-refractivity contribution is 7.80. The highest BCUT2D eigenvalue weighted by Crippen LogP contribution is 2.25. The van der Waals surface area contributed by atoms with E-state index in [4.69, 9.17) is 17.0 Å². The van der Waals surface area contributed by atoms with Gasteiger partial charge < -0.3 is 15.4 Å². The van der Waals surface area contributed by atoms with Crippen molar-refractivity contribution in [1.29, 1.82) is 0 Å². The Bertz CT molecular complexity index is 666. The lowest BCUT2D eigenvalue weighted by Gasteiger charge is -2.14. The fraction of sp³-hybridized carbons (Fsp3) is 0.375. The topological polar surface area (TPSA) is 51.1 Å². The van der Waals surface area contributed by atoms with Crippen LogP contribution in [-0.4, -0.2) is 21.5 Å². The van der Waals surface area contributed by atoms with E-state index >= 15 is 0 Å². The first-order chi connectivity index (χ1) is 10.6. The Morgan fingerprint density at radius 1 is 1.23 bits per heavy atom. The molecule has 0 aliphatic carbocycles. The molecule has 118 valence electrons. The standard InChI is InChI=1S/C16H22N4OS/c1-5-20-12(4)15(11(3)19-20)18-16(22)17-13-9-7-8-10-14(13)21-6-2/h7-10H,5-6H2,1-4H3,(H2,17,18,22). The largest absolute Gasteiger partial charge is 0.492 e. The van der Waals surface area contributed by atoms with Crippen LogP contribution in [0.4, 0.5) is 11.4 Å². The van der Waals surface area contributed by atoms with Crippen molar-refractivity contribution in [2.24, 2.45) is 0 Å². The number of para-hydroxylation sites is 2. The molecule has 0 aliphatic heterocycles. The van der Waals surface area contributed by atoms with Crippen molar-refractivity contribution < 1.29 is 4.74 Å². The Hall–Kier alpha value is -2.08. The zero-order valence-electron chi connectivity index (χ0n) is 13.4. The van der Waals surface area contributed by atoms with Gasteiger partial charge >= 0.3 is 0 Å². The second-order valence-electron chi connectivity index (χ2n) is 4.87. The van der Waals surface area contributed by atoms with Crippen molar-refractivity contribution >= 4 is 28.7 Å². The van der Waals surface area contributed by atoms with Crippen LogP contribution >= 0.6 is 12.2 Å². The number of thiocarbonyl (C=S) groups is 1. The van der Waals surface area contributed by atoms with Crippen molar-refractivity contribution in [3.05, 3.63) is 35.7 Å². The third-order valence-electron chi connectivity index (χ3n) is 3.35. The van der Waals surface area contributed by atoms with Gasteiger partial charge in [0.1, 0.15) is 5.75 Å². The number of rotatable bonds is 5. The van der Waals surface area contributed by atoms with Crippen LogP contribution < -0.4 is 15.4 Å². The number of nitrogens with one attached hydrogen (secondary N) is 2. The number of anilines is 2.